The zero-order valence-corrected chi connectivity index (χ0v) is 23.4. The fourth-order valence-electron chi connectivity index (χ4n) is 4.53. The molecule has 4 aromatic carbocycles. The van der Waals surface area contributed by atoms with Crippen LogP contribution < -0.4 is 26.4 Å². The fraction of sp³-hybridized carbons (Fsp3) is 0.0312. The number of primary amides is 1. The minimum atomic E-state index is -0.540. The molecule has 0 saturated carbocycles. The number of amides is 3. The van der Waals surface area contributed by atoms with Gasteiger partial charge in [-0.2, -0.15) is 4.98 Å². The second kappa shape index (κ2) is 11.8. The molecular weight excluding hydrogens is 560 g/mol. The van der Waals surface area contributed by atoms with Crippen LogP contribution in [0.4, 0.5) is 27.9 Å². The molecule has 0 radical (unpaired) electrons. The van der Waals surface area contributed by atoms with Gasteiger partial charge >= 0.3 is 6.03 Å². The summed E-state index contributed by atoms with van der Waals surface area (Å²) in [7, 11) is 0. The molecule has 6 N–H and O–H groups in total. The minimum Gasteiger partial charge on any atom is -0.492 e. The van der Waals surface area contributed by atoms with Crippen molar-refractivity contribution in [1.82, 2.24) is 19.7 Å². The van der Waals surface area contributed by atoms with Gasteiger partial charge < -0.3 is 26.2 Å². The number of rotatable bonds is 8. The van der Waals surface area contributed by atoms with Crippen LogP contribution in [0.5, 0.6) is 17.5 Å². The third-order valence-electron chi connectivity index (χ3n) is 6.60. The monoisotopic (exact) mass is 586 g/mol. The van der Waals surface area contributed by atoms with Crippen molar-refractivity contribution in [2.45, 2.75) is 6.92 Å². The van der Waals surface area contributed by atoms with E-state index in [1.165, 1.54) is 10.7 Å². The maximum Gasteiger partial charge on any atom is 0.324 e. The summed E-state index contributed by atoms with van der Waals surface area (Å²) in [5.41, 5.74) is 8.61. The number of urea groups is 1. The highest BCUT2D eigenvalue weighted by Crippen LogP contribution is 2.34. The van der Waals surface area contributed by atoms with Crippen molar-refractivity contribution in [3.05, 3.63) is 114 Å². The topological polar surface area (TPSA) is 169 Å². The van der Waals surface area contributed by atoms with Gasteiger partial charge in [-0.1, -0.05) is 48.0 Å². The minimum absolute atomic E-state index is 0.227. The summed E-state index contributed by atoms with van der Waals surface area (Å²) in [4.78, 5) is 33.2. The number of hydrogen-bond donors (Lipinski definition) is 5. The molecule has 3 amide bonds. The van der Waals surface area contributed by atoms with Gasteiger partial charge in [0.05, 0.1) is 11.4 Å². The maximum absolute atomic E-state index is 13.1. The predicted molar refractivity (Wildman–Crippen MR) is 167 cm³/mol. The van der Waals surface area contributed by atoms with Gasteiger partial charge in [-0.3, -0.25) is 10.1 Å². The molecule has 2 aromatic heterocycles. The lowest BCUT2D eigenvalue weighted by Gasteiger charge is -2.14. The number of aryl methyl sites for hydroxylation is 1. The number of aromatic hydroxyl groups is 1. The van der Waals surface area contributed by atoms with Crippen LogP contribution in [0.1, 0.15) is 15.9 Å². The Morgan fingerprint density at radius 3 is 2.48 bits per heavy atom. The van der Waals surface area contributed by atoms with Crippen LogP contribution in [0.3, 0.4) is 0 Å². The zero-order valence-electron chi connectivity index (χ0n) is 23.4. The third kappa shape index (κ3) is 6.09. The molecule has 0 saturated heterocycles. The SMILES string of the molecule is Cc1ccc(-n2nc(O)cc2NC(=O)Nc2ccc(Oc3ccnc(Nc4cccc(C(N)=O)c4)n3)c3ccccc23)cc1. The molecule has 0 fully saturated rings. The first-order valence-electron chi connectivity index (χ1n) is 13.5. The van der Waals surface area contributed by atoms with Crippen LogP contribution in [-0.2, 0) is 0 Å². The van der Waals surface area contributed by atoms with E-state index in [1.54, 1.807) is 48.7 Å². The first-order chi connectivity index (χ1) is 21.3. The Kier molecular flexibility index (Phi) is 7.45. The highest BCUT2D eigenvalue weighted by atomic mass is 16.5. The lowest BCUT2D eigenvalue weighted by atomic mass is 10.1. The van der Waals surface area contributed by atoms with Crippen molar-refractivity contribution in [3.63, 3.8) is 0 Å². The number of aromatic nitrogens is 4. The van der Waals surface area contributed by atoms with Crippen LogP contribution in [0.15, 0.2) is 103 Å². The second-order valence-corrected chi connectivity index (χ2v) is 9.76. The van der Waals surface area contributed by atoms with Gasteiger partial charge in [0.2, 0.25) is 23.6 Å². The summed E-state index contributed by atoms with van der Waals surface area (Å²) >= 11 is 0. The Bertz CT molecular complexity index is 2010. The molecule has 0 spiro atoms. The summed E-state index contributed by atoms with van der Waals surface area (Å²) in [6, 6.07) is 27.6. The first kappa shape index (κ1) is 27.7. The smallest absolute Gasteiger partial charge is 0.324 e. The van der Waals surface area contributed by atoms with Crippen molar-refractivity contribution in [1.29, 1.82) is 0 Å². The van der Waals surface area contributed by atoms with E-state index < -0.39 is 11.9 Å². The maximum atomic E-state index is 13.1. The van der Waals surface area contributed by atoms with Crippen molar-refractivity contribution in [3.8, 4) is 23.2 Å². The van der Waals surface area contributed by atoms with Crippen molar-refractivity contribution in [2.24, 2.45) is 5.73 Å². The Labute approximate surface area is 251 Å². The Hall–Kier alpha value is -6.43. The lowest BCUT2D eigenvalue weighted by Crippen LogP contribution is -2.21. The summed E-state index contributed by atoms with van der Waals surface area (Å²) < 4.78 is 7.58. The number of hydrogen-bond acceptors (Lipinski definition) is 8. The molecule has 12 nitrogen and oxygen atoms in total. The summed E-state index contributed by atoms with van der Waals surface area (Å²) in [6.07, 6.45) is 1.55. The van der Waals surface area contributed by atoms with Crippen molar-refractivity contribution < 1.29 is 19.4 Å². The number of carbonyl (C=O) groups is 2. The molecule has 0 bridgehead atoms. The van der Waals surface area contributed by atoms with Gasteiger partial charge in [-0.25, -0.2) is 14.5 Å². The van der Waals surface area contributed by atoms with Gasteiger partial charge in [-0.05, 0) is 49.4 Å². The van der Waals surface area contributed by atoms with E-state index in [-0.39, 0.29) is 17.7 Å². The van der Waals surface area contributed by atoms with E-state index in [9.17, 15) is 14.7 Å². The molecule has 6 aromatic rings. The third-order valence-corrected chi connectivity index (χ3v) is 6.60. The zero-order chi connectivity index (χ0) is 30.6. The number of benzene rings is 4. The van der Waals surface area contributed by atoms with Crippen molar-refractivity contribution >= 4 is 45.9 Å². The average Bonchev–Trinajstić information content (AvgIpc) is 3.38. The molecule has 0 atom stereocenters. The Balaban J connectivity index is 1.20. The molecule has 2 heterocycles. The summed E-state index contributed by atoms with van der Waals surface area (Å²) in [6.45, 7) is 1.97. The first-order valence-corrected chi connectivity index (χ1v) is 13.5. The van der Waals surface area contributed by atoms with E-state index in [0.717, 1.165) is 16.3 Å². The van der Waals surface area contributed by atoms with Crippen LogP contribution in [0.25, 0.3) is 16.5 Å². The predicted octanol–water partition coefficient (Wildman–Crippen LogP) is 6.11. The van der Waals surface area contributed by atoms with E-state index >= 15 is 0 Å². The molecule has 0 aliphatic carbocycles. The van der Waals surface area contributed by atoms with E-state index in [4.69, 9.17) is 10.5 Å². The fourth-order valence-corrected chi connectivity index (χ4v) is 4.53. The molecule has 0 unspecified atom stereocenters. The van der Waals surface area contributed by atoms with E-state index in [1.807, 2.05) is 55.5 Å². The van der Waals surface area contributed by atoms with Gasteiger partial charge in [-0.15, -0.1) is 5.10 Å². The van der Waals surface area contributed by atoms with Crippen molar-refractivity contribution in [2.75, 3.05) is 16.0 Å². The number of fused-ring (bicyclic) bond motifs is 1. The van der Waals surface area contributed by atoms with Gasteiger partial charge in [0.15, 0.2) is 0 Å². The highest BCUT2D eigenvalue weighted by molar-refractivity contribution is 6.07. The van der Waals surface area contributed by atoms with Gasteiger partial charge in [0, 0.05) is 40.4 Å². The van der Waals surface area contributed by atoms with E-state index in [2.05, 4.69) is 31.0 Å². The van der Waals surface area contributed by atoms with Crippen LogP contribution in [0, 0.1) is 6.92 Å². The quantitative estimate of drug-likeness (QED) is 0.142. The van der Waals surface area contributed by atoms with E-state index in [0.29, 0.717) is 34.2 Å². The molecule has 6 rings (SSSR count). The average molecular weight is 587 g/mol. The number of nitrogens with one attached hydrogen (secondary N) is 3. The molecule has 218 valence electrons. The summed E-state index contributed by atoms with van der Waals surface area (Å²) in [5, 5.41) is 24.2. The molecule has 0 aliphatic rings. The number of carbonyl (C=O) groups excluding carboxylic acids is 2. The van der Waals surface area contributed by atoms with Gasteiger partial charge in [0.1, 0.15) is 11.6 Å². The standard InChI is InChI=1S/C32H26N8O4/c1-19-9-11-22(12-10-19)40-27(18-28(41)39-40)37-32(43)36-25-13-14-26(24-8-3-2-7-23(24)25)44-29-15-16-34-31(38-29)35-21-6-4-5-20(17-21)30(33)42/h2-18H,1H3,(H2,33,42)(H,39,41)(H,34,35,38)(H2,36,37,43). The highest BCUT2D eigenvalue weighted by Gasteiger charge is 2.15. The lowest BCUT2D eigenvalue weighted by molar-refractivity contribution is 0.1000. The number of anilines is 4. The molecule has 44 heavy (non-hydrogen) atoms. The number of nitrogens with zero attached hydrogens (tertiary/aromatic N) is 4. The van der Waals surface area contributed by atoms with Crippen LogP contribution in [-0.4, -0.2) is 36.8 Å². The number of nitrogens with two attached hydrogens (primary N) is 1. The largest absolute Gasteiger partial charge is 0.492 e. The molecular formula is C32H26N8O4. The van der Waals surface area contributed by atoms with Gasteiger partial charge in [0.25, 0.3) is 0 Å². The summed E-state index contributed by atoms with van der Waals surface area (Å²) in [5.74, 6) is 0.578. The molecule has 12 heteroatoms. The van der Waals surface area contributed by atoms with Crippen LogP contribution >= 0.6 is 0 Å². The normalized spacial score (nSPS) is 10.8. The van der Waals surface area contributed by atoms with Crippen LogP contribution in [0.2, 0.25) is 0 Å². The molecule has 0 aliphatic heterocycles. The Morgan fingerprint density at radius 1 is 0.886 bits per heavy atom. The number of ether oxygens (including phenoxy) is 1. The Morgan fingerprint density at radius 2 is 1.68 bits per heavy atom. The second-order valence-electron chi connectivity index (χ2n) is 9.76.